The molecule has 5 nitrogen and oxygen atoms in total. The lowest BCUT2D eigenvalue weighted by Gasteiger charge is -2.20. The zero-order valence-electron chi connectivity index (χ0n) is 12.8. The largest absolute Gasteiger partial charge is 0.467 e. The lowest BCUT2D eigenvalue weighted by molar-refractivity contribution is -0.147. The molecule has 116 valence electrons. The predicted octanol–water partition coefficient (Wildman–Crippen LogP) is 2.22. The first-order valence-electron chi connectivity index (χ1n) is 7.10. The fourth-order valence-corrected chi connectivity index (χ4v) is 2.07. The Labute approximate surface area is 125 Å². The Morgan fingerprint density at radius 3 is 2.38 bits per heavy atom. The van der Waals surface area contributed by atoms with Crippen LogP contribution in [0.4, 0.5) is 0 Å². The van der Waals surface area contributed by atoms with E-state index in [-0.39, 0.29) is 5.91 Å². The number of esters is 1. The van der Waals surface area contributed by atoms with E-state index in [1.54, 1.807) is 0 Å². The van der Waals surface area contributed by atoms with Crippen molar-refractivity contribution in [2.45, 2.75) is 38.3 Å². The van der Waals surface area contributed by atoms with Gasteiger partial charge in [0, 0.05) is 7.11 Å². The van der Waals surface area contributed by atoms with E-state index in [9.17, 15) is 9.59 Å². The number of nitrogens with one attached hydrogen (secondary N) is 1. The zero-order valence-corrected chi connectivity index (χ0v) is 12.8. The average Bonchev–Trinajstić information content (AvgIpc) is 2.52. The van der Waals surface area contributed by atoms with Gasteiger partial charge in [0.1, 0.15) is 6.04 Å². The van der Waals surface area contributed by atoms with Crippen molar-refractivity contribution in [3.8, 4) is 0 Å². The maximum Gasteiger partial charge on any atom is 0.328 e. The summed E-state index contributed by atoms with van der Waals surface area (Å²) in [6.07, 6.45) is 1.60. The average molecular weight is 293 g/mol. The van der Waals surface area contributed by atoms with E-state index in [4.69, 9.17) is 9.47 Å². The topological polar surface area (TPSA) is 64.6 Å². The highest BCUT2D eigenvalue weighted by Crippen LogP contribution is 2.17. The third-order valence-corrected chi connectivity index (χ3v) is 3.22. The van der Waals surface area contributed by atoms with Crippen molar-refractivity contribution in [2.75, 3.05) is 14.2 Å². The Morgan fingerprint density at radius 1 is 1.19 bits per heavy atom. The molecule has 0 aromatic heterocycles. The van der Waals surface area contributed by atoms with E-state index in [0.29, 0.717) is 6.42 Å². The Morgan fingerprint density at radius 2 is 1.86 bits per heavy atom. The lowest BCUT2D eigenvalue weighted by Crippen LogP contribution is -2.44. The van der Waals surface area contributed by atoms with E-state index in [1.807, 2.05) is 37.3 Å². The molecule has 0 aliphatic heterocycles. The molecule has 0 fully saturated rings. The van der Waals surface area contributed by atoms with Crippen molar-refractivity contribution < 1.29 is 19.1 Å². The summed E-state index contributed by atoms with van der Waals surface area (Å²) in [6.45, 7) is 2.03. The summed E-state index contributed by atoms with van der Waals surface area (Å²) < 4.78 is 9.99. The third-order valence-electron chi connectivity index (χ3n) is 3.22. The summed E-state index contributed by atoms with van der Waals surface area (Å²) in [7, 11) is 2.79. The van der Waals surface area contributed by atoms with Crippen LogP contribution in [-0.4, -0.2) is 32.1 Å². The van der Waals surface area contributed by atoms with Crippen LogP contribution in [0.5, 0.6) is 0 Å². The molecule has 1 rings (SSSR count). The fraction of sp³-hybridized carbons (Fsp3) is 0.500. The predicted molar refractivity (Wildman–Crippen MR) is 79.7 cm³/mol. The molecule has 0 saturated carbocycles. The van der Waals surface area contributed by atoms with Crippen LogP contribution in [0.2, 0.25) is 0 Å². The number of methoxy groups -OCH3 is 2. The van der Waals surface area contributed by atoms with Crippen molar-refractivity contribution >= 4 is 11.9 Å². The molecule has 0 saturated heterocycles. The molecule has 1 amide bonds. The van der Waals surface area contributed by atoms with Gasteiger partial charge in [0.05, 0.1) is 7.11 Å². The quantitative estimate of drug-likeness (QED) is 0.746. The molecule has 0 spiro atoms. The SMILES string of the molecule is CCCC[C@H](NC(=O)[C@@H](OC)c1ccccc1)C(=O)OC. The standard InChI is InChI=1S/C16H23NO4/c1-4-5-11-13(16(19)21-3)17-15(18)14(20-2)12-9-7-6-8-10-12/h6-10,13-14H,4-5,11H2,1-3H3,(H,17,18)/t13-,14-/m0/s1. The van der Waals surface area contributed by atoms with Gasteiger partial charge >= 0.3 is 5.97 Å². The first kappa shape index (κ1) is 17.2. The van der Waals surface area contributed by atoms with E-state index >= 15 is 0 Å². The monoisotopic (exact) mass is 293 g/mol. The zero-order chi connectivity index (χ0) is 15.7. The van der Waals surface area contributed by atoms with Crippen LogP contribution in [0, 0.1) is 0 Å². The van der Waals surface area contributed by atoms with Gasteiger partial charge in [0.15, 0.2) is 6.10 Å². The summed E-state index contributed by atoms with van der Waals surface area (Å²) >= 11 is 0. The van der Waals surface area contributed by atoms with Crippen LogP contribution in [0.25, 0.3) is 0 Å². The highest BCUT2D eigenvalue weighted by Gasteiger charge is 2.26. The molecule has 0 aliphatic rings. The van der Waals surface area contributed by atoms with Crippen LogP contribution >= 0.6 is 0 Å². The maximum absolute atomic E-state index is 12.3. The van der Waals surface area contributed by atoms with E-state index < -0.39 is 18.1 Å². The van der Waals surface area contributed by atoms with E-state index in [0.717, 1.165) is 18.4 Å². The maximum atomic E-state index is 12.3. The van der Waals surface area contributed by atoms with Gasteiger partial charge in [-0.05, 0) is 12.0 Å². The Hall–Kier alpha value is -1.88. The highest BCUT2D eigenvalue weighted by atomic mass is 16.5. The van der Waals surface area contributed by atoms with Crippen LogP contribution in [0.15, 0.2) is 30.3 Å². The fourth-order valence-electron chi connectivity index (χ4n) is 2.07. The van der Waals surface area contributed by atoms with Crippen molar-refractivity contribution in [3.63, 3.8) is 0 Å². The van der Waals surface area contributed by atoms with Gasteiger partial charge in [-0.2, -0.15) is 0 Å². The van der Waals surface area contributed by atoms with Crippen molar-refractivity contribution in [2.24, 2.45) is 0 Å². The van der Waals surface area contributed by atoms with Crippen LogP contribution in [-0.2, 0) is 19.1 Å². The first-order valence-corrected chi connectivity index (χ1v) is 7.10. The summed E-state index contributed by atoms with van der Waals surface area (Å²) in [5.74, 6) is -0.769. The molecule has 0 bridgehead atoms. The molecule has 21 heavy (non-hydrogen) atoms. The molecule has 0 radical (unpaired) electrons. The van der Waals surface area contributed by atoms with E-state index in [1.165, 1.54) is 14.2 Å². The number of carbonyl (C=O) groups excluding carboxylic acids is 2. The Balaban J connectivity index is 2.76. The minimum atomic E-state index is -0.736. The second-order valence-electron chi connectivity index (χ2n) is 4.75. The highest BCUT2D eigenvalue weighted by molar-refractivity contribution is 5.87. The van der Waals surface area contributed by atoms with Crippen molar-refractivity contribution in [1.29, 1.82) is 0 Å². The molecule has 2 atom stereocenters. The number of unbranched alkanes of at least 4 members (excludes halogenated alkanes) is 1. The van der Waals surface area contributed by atoms with Gasteiger partial charge in [0.25, 0.3) is 5.91 Å². The Kier molecular flexibility index (Phi) is 7.46. The van der Waals surface area contributed by atoms with Crippen LogP contribution in [0.3, 0.4) is 0 Å². The summed E-state index contributed by atoms with van der Waals surface area (Å²) in [4.78, 5) is 24.0. The molecular weight excluding hydrogens is 270 g/mol. The number of hydrogen-bond acceptors (Lipinski definition) is 4. The summed E-state index contributed by atoms with van der Waals surface area (Å²) in [5, 5.41) is 2.71. The summed E-state index contributed by atoms with van der Waals surface area (Å²) in [6, 6.07) is 8.53. The number of rotatable bonds is 8. The second kappa shape index (κ2) is 9.13. The molecule has 1 aromatic rings. The number of benzene rings is 1. The van der Waals surface area contributed by atoms with E-state index in [2.05, 4.69) is 5.32 Å². The molecular formula is C16H23NO4. The molecule has 1 aromatic carbocycles. The summed E-state index contributed by atoms with van der Waals surface area (Å²) in [5.41, 5.74) is 0.747. The first-order chi connectivity index (χ1) is 10.1. The van der Waals surface area contributed by atoms with Crippen molar-refractivity contribution in [1.82, 2.24) is 5.32 Å². The lowest BCUT2D eigenvalue weighted by atomic mass is 10.1. The van der Waals surface area contributed by atoms with Gasteiger partial charge in [-0.3, -0.25) is 4.79 Å². The Bertz CT molecular complexity index is 447. The minimum Gasteiger partial charge on any atom is -0.467 e. The number of ether oxygens (including phenoxy) is 2. The smallest absolute Gasteiger partial charge is 0.328 e. The van der Waals surface area contributed by atoms with Gasteiger partial charge < -0.3 is 14.8 Å². The number of hydrogen-bond donors (Lipinski definition) is 1. The molecule has 0 unspecified atom stereocenters. The normalized spacial score (nSPS) is 13.3. The molecule has 0 heterocycles. The van der Waals surface area contributed by atoms with Gasteiger partial charge in [-0.25, -0.2) is 4.79 Å². The van der Waals surface area contributed by atoms with Crippen molar-refractivity contribution in [3.05, 3.63) is 35.9 Å². The van der Waals surface area contributed by atoms with Gasteiger partial charge in [-0.1, -0.05) is 50.1 Å². The van der Waals surface area contributed by atoms with Crippen LogP contribution in [0.1, 0.15) is 37.9 Å². The third kappa shape index (κ3) is 5.19. The van der Waals surface area contributed by atoms with Gasteiger partial charge in [-0.15, -0.1) is 0 Å². The molecule has 0 aliphatic carbocycles. The molecule has 5 heteroatoms. The number of amides is 1. The minimum absolute atomic E-state index is 0.338. The number of carbonyl (C=O) groups is 2. The molecule has 1 N–H and O–H groups in total. The van der Waals surface area contributed by atoms with Gasteiger partial charge in [0.2, 0.25) is 0 Å². The van der Waals surface area contributed by atoms with Crippen LogP contribution < -0.4 is 5.32 Å². The second-order valence-corrected chi connectivity index (χ2v) is 4.75.